The molecule has 0 saturated carbocycles. The molecule has 3 nitrogen and oxygen atoms in total. The van der Waals surface area contributed by atoms with Gasteiger partial charge in [-0.2, -0.15) is 0 Å². The van der Waals surface area contributed by atoms with Crippen molar-refractivity contribution in [3.05, 3.63) is 83.0 Å². The number of benzene rings is 2. The first-order valence-electron chi connectivity index (χ1n) is 12.0. The number of aromatic nitrogens is 3. The number of hydrogen-bond donors (Lipinski definition) is 0. The normalized spacial score (nSPS) is 17.0. The van der Waals surface area contributed by atoms with Gasteiger partial charge < -0.3 is 0 Å². The van der Waals surface area contributed by atoms with Gasteiger partial charge in [-0.15, -0.1) is 10.2 Å². The van der Waals surface area contributed by atoms with Crippen LogP contribution in [0.15, 0.2) is 71.8 Å². The summed E-state index contributed by atoms with van der Waals surface area (Å²) >= 11 is 0. The maximum atomic E-state index is 4.73. The Morgan fingerprint density at radius 3 is 1.55 bits per heavy atom. The average Bonchev–Trinajstić information content (AvgIpc) is 3.18. The molecule has 0 fully saturated rings. The fourth-order valence-electron chi connectivity index (χ4n) is 4.35. The van der Waals surface area contributed by atoms with Crippen LogP contribution in [0.25, 0.3) is 22.8 Å². The molecule has 3 aromatic rings. The van der Waals surface area contributed by atoms with E-state index < -0.39 is 0 Å². The van der Waals surface area contributed by atoms with Crippen LogP contribution >= 0.6 is 0 Å². The summed E-state index contributed by atoms with van der Waals surface area (Å²) in [6.45, 7) is 18.1. The molecule has 0 spiro atoms. The van der Waals surface area contributed by atoms with Crippen LogP contribution < -0.4 is 0 Å². The smallest absolute Gasteiger partial charge is 0.164 e. The zero-order valence-electron chi connectivity index (χ0n) is 21.4. The Kier molecular flexibility index (Phi) is 5.94. The van der Waals surface area contributed by atoms with Crippen LogP contribution in [0.2, 0.25) is 0 Å². The van der Waals surface area contributed by atoms with E-state index in [9.17, 15) is 0 Å². The van der Waals surface area contributed by atoms with Crippen LogP contribution in [0.1, 0.15) is 65.1 Å². The second kappa shape index (κ2) is 8.44. The van der Waals surface area contributed by atoms with Crippen LogP contribution in [-0.4, -0.2) is 14.8 Å². The lowest BCUT2D eigenvalue weighted by atomic mass is 9.74. The summed E-state index contributed by atoms with van der Waals surface area (Å²) in [6.07, 6.45) is 5.82. The van der Waals surface area contributed by atoms with Crippen molar-refractivity contribution in [2.24, 2.45) is 10.8 Å². The van der Waals surface area contributed by atoms with E-state index >= 15 is 0 Å². The van der Waals surface area contributed by atoms with Crippen molar-refractivity contribution >= 4 is 0 Å². The summed E-state index contributed by atoms with van der Waals surface area (Å²) in [5.41, 5.74) is 7.71. The Hall–Kier alpha value is -2.94. The molecule has 1 aromatic heterocycles. The van der Waals surface area contributed by atoms with Crippen LogP contribution in [0.3, 0.4) is 0 Å². The van der Waals surface area contributed by atoms with Crippen molar-refractivity contribution < 1.29 is 0 Å². The maximum absolute atomic E-state index is 4.73. The molecule has 0 amide bonds. The van der Waals surface area contributed by atoms with Crippen molar-refractivity contribution in [2.75, 3.05) is 0 Å². The third-order valence-corrected chi connectivity index (χ3v) is 6.61. The molecule has 1 aliphatic carbocycles. The van der Waals surface area contributed by atoms with E-state index in [2.05, 4.69) is 121 Å². The van der Waals surface area contributed by atoms with E-state index in [-0.39, 0.29) is 16.9 Å². The molecule has 33 heavy (non-hydrogen) atoms. The van der Waals surface area contributed by atoms with E-state index in [1.54, 1.807) is 0 Å². The van der Waals surface area contributed by atoms with Crippen molar-refractivity contribution in [3.8, 4) is 22.8 Å². The lowest BCUT2D eigenvalue weighted by Crippen LogP contribution is -2.23. The first kappa shape index (κ1) is 23.2. The van der Waals surface area contributed by atoms with Crippen LogP contribution in [0, 0.1) is 24.7 Å². The van der Waals surface area contributed by atoms with Gasteiger partial charge in [0.2, 0.25) is 0 Å². The molecule has 4 rings (SSSR count). The van der Waals surface area contributed by atoms with Crippen molar-refractivity contribution in [1.29, 1.82) is 0 Å². The van der Waals surface area contributed by atoms with Gasteiger partial charge in [-0.05, 0) is 36.7 Å². The van der Waals surface area contributed by atoms with E-state index in [4.69, 9.17) is 10.2 Å². The second-order valence-corrected chi connectivity index (χ2v) is 11.5. The molecule has 1 heterocycles. The molecule has 3 heteroatoms. The van der Waals surface area contributed by atoms with Gasteiger partial charge in [0.15, 0.2) is 11.6 Å². The Balaban J connectivity index is 1.93. The fraction of sp³-hybridized carbons (Fsp3) is 0.400. The minimum atomic E-state index is 0.0667. The molecule has 0 aliphatic heterocycles. The summed E-state index contributed by atoms with van der Waals surface area (Å²) in [5.74, 6) is 1.85. The molecule has 0 saturated heterocycles. The zero-order chi connectivity index (χ0) is 24.0. The van der Waals surface area contributed by atoms with Gasteiger partial charge in [0.05, 0.1) is 6.04 Å². The van der Waals surface area contributed by atoms with Gasteiger partial charge in [-0.3, -0.25) is 4.57 Å². The van der Waals surface area contributed by atoms with Gasteiger partial charge in [-0.1, -0.05) is 119 Å². The summed E-state index contributed by atoms with van der Waals surface area (Å²) < 4.78 is 2.36. The lowest BCUT2D eigenvalue weighted by molar-refractivity contribution is 0.431. The number of nitrogens with zero attached hydrogens (tertiary/aromatic N) is 3. The summed E-state index contributed by atoms with van der Waals surface area (Å²) in [5, 5.41) is 9.46. The van der Waals surface area contributed by atoms with E-state index in [0.29, 0.717) is 0 Å². The quantitative estimate of drug-likeness (QED) is 0.412. The predicted molar refractivity (Wildman–Crippen MR) is 139 cm³/mol. The van der Waals surface area contributed by atoms with Crippen molar-refractivity contribution in [3.63, 3.8) is 0 Å². The lowest BCUT2D eigenvalue weighted by Gasteiger charge is -2.35. The van der Waals surface area contributed by atoms with Gasteiger partial charge in [0.1, 0.15) is 0 Å². The minimum Gasteiger partial charge on any atom is -0.300 e. The molecule has 0 N–H and O–H groups in total. The Labute approximate surface area is 199 Å². The molecular formula is C30H37N3. The number of rotatable bonds is 3. The van der Waals surface area contributed by atoms with E-state index in [1.807, 2.05) is 0 Å². The SMILES string of the molecule is Cc1ccc(-c2nnc(-c3ccc(C)cc3)n2[C@H]2C=C(C(C)(C)C)C=C(C(C)(C)C)C2)cc1. The highest BCUT2D eigenvalue weighted by atomic mass is 15.3. The number of allylic oxidation sites excluding steroid dienone is 4. The summed E-state index contributed by atoms with van der Waals surface area (Å²) in [6, 6.07) is 17.4. The third kappa shape index (κ3) is 4.88. The second-order valence-electron chi connectivity index (χ2n) is 11.5. The Bertz CT molecular complexity index is 1130. The maximum Gasteiger partial charge on any atom is 0.164 e. The molecule has 1 aliphatic rings. The molecule has 2 aromatic carbocycles. The molecule has 0 bridgehead atoms. The zero-order valence-corrected chi connectivity index (χ0v) is 21.4. The third-order valence-electron chi connectivity index (χ3n) is 6.61. The summed E-state index contributed by atoms with van der Waals surface area (Å²) in [7, 11) is 0. The van der Waals surface area contributed by atoms with Gasteiger partial charge in [0.25, 0.3) is 0 Å². The summed E-state index contributed by atoms with van der Waals surface area (Å²) in [4.78, 5) is 0. The first-order chi connectivity index (χ1) is 15.4. The van der Waals surface area contributed by atoms with E-state index in [0.717, 1.165) is 29.2 Å². The molecule has 0 radical (unpaired) electrons. The minimum absolute atomic E-state index is 0.0667. The van der Waals surface area contributed by atoms with Crippen molar-refractivity contribution in [1.82, 2.24) is 14.8 Å². The topological polar surface area (TPSA) is 30.7 Å². The largest absolute Gasteiger partial charge is 0.300 e. The molecule has 0 unspecified atom stereocenters. The van der Waals surface area contributed by atoms with Gasteiger partial charge >= 0.3 is 0 Å². The number of aryl methyl sites for hydroxylation is 2. The first-order valence-corrected chi connectivity index (χ1v) is 12.0. The molecule has 1 atom stereocenters. The van der Waals surface area contributed by atoms with Crippen LogP contribution in [0.5, 0.6) is 0 Å². The average molecular weight is 440 g/mol. The monoisotopic (exact) mass is 439 g/mol. The van der Waals surface area contributed by atoms with Crippen molar-refractivity contribution in [2.45, 2.75) is 67.9 Å². The molecular weight excluding hydrogens is 402 g/mol. The standard InChI is InChI=1S/C30H37N3/c1-20-9-13-22(14-10-20)27-31-32-28(23-15-11-21(2)12-16-23)33(27)26-18-24(29(3,4)5)17-25(19-26)30(6,7)8/h9-18,26H,19H2,1-8H3/t26-/m0/s1. The number of hydrogen-bond acceptors (Lipinski definition) is 2. The van der Waals surface area contributed by atoms with Gasteiger partial charge in [-0.25, -0.2) is 0 Å². The molecule has 172 valence electrons. The highest BCUT2D eigenvalue weighted by molar-refractivity contribution is 5.64. The fourth-order valence-corrected chi connectivity index (χ4v) is 4.35. The highest BCUT2D eigenvalue weighted by Crippen LogP contribution is 2.44. The Morgan fingerprint density at radius 2 is 1.15 bits per heavy atom. The van der Waals surface area contributed by atoms with Crippen LogP contribution in [-0.2, 0) is 0 Å². The Morgan fingerprint density at radius 1 is 0.697 bits per heavy atom. The van der Waals surface area contributed by atoms with Gasteiger partial charge in [0, 0.05) is 11.1 Å². The van der Waals surface area contributed by atoms with E-state index in [1.165, 1.54) is 22.3 Å². The highest BCUT2D eigenvalue weighted by Gasteiger charge is 2.31. The predicted octanol–water partition coefficient (Wildman–Crippen LogP) is 8.12. The van der Waals surface area contributed by atoms with Crippen LogP contribution in [0.4, 0.5) is 0 Å².